The molecule has 1 saturated heterocycles. The molecule has 2 amide bonds. The highest BCUT2D eigenvalue weighted by Gasteiger charge is 2.20. The molecule has 144 valence electrons. The molecule has 0 saturated carbocycles. The first kappa shape index (κ1) is 20.1. The molecule has 0 atom stereocenters. The van der Waals surface area contributed by atoms with Crippen LogP contribution in [0.2, 0.25) is 10.0 Å². The maximum Gasteiger partial charge on any atom is 0.251 e. The Bertz CT molecular complexity index is 835. The highest BCUT2D eigenvalue weighted by atomic mass is 35.5. The molecule has 6 nitrogen and oxygen atoms in total. The van der Waals surface area contributed by atoms with Gasteiger partial charge in [0.15, 0.2) is 0 Å². The minimum absolute atomic E-state index is 0.141. The van der Waals surface area contributed by atoms with E-state index in [1.165, 1.54) is 11.3 Å². The standard InChI is InChI=1S/C18H20Cl2N4O2S/c19-14-2-1-12(9-15(14)20)10-23-4-6-24(7-5-23)11-16(25)22-18-13(17(21)26)3-8-27-18/h1-3,8-9H,4-7,10-11H2,(H2,21,26)(H,22,25). The number of hydrogen-bond donors (Lipinski definition) is 2. The smallest absolute Gasteiger partial charge is 0.251 e. The molecule has 0 unspecified atom stereocenters. The van der Waals surface area contributed by atoms with Crippen molar-refractivity contribution >= 4 is 51.4 Å². The van der Waals surface area contributed by atoms with Crippen molar-refractivity contribution in [1.29, 1.82) is 0 Å². The van der Waals surface area contributed by atoms with E-state index < -0.39 is 5.91 Å². The second kappa shape index (κ2) is 9.03. The van der Waals surface area contributed by atoms with Gasteiger partial charge in [-0.25, -0.2) is 0 Å². The zero-order valence-electron chi connectivity index (χ0n) is 14.6. The lowest BCUT2D eigenvalue weighted by Gasteiger charge is -2.34. The number of nitrogens with zero attached hydrogens (tertiary/aromatic N) is 2. The highest BCUT2D eigenvalue weighted by molar-refractivity contribution is 7.14. The Balaban J connectivity index is 1.46. The Morgan fingerprint density at radius 1 is 1.07 bits per heavy atom. The Hall–Kier alpha value is -1.64. The number of piperazine rings is 1. The normalized spacial score (nSPS) is 15.6. The quantitative estimate of drug-likeness (QED) is 0.743. The summed E-state index contributed by atoms with van der Waals surface area (Å²) in [4.78, 5) is 28.0. The Labute approximate surface area is 171 Å². The summed E-state index contributed by atoms with van der Waals surface area (Å²) in [6, 6.07) is 7.29. The minimum Gasteiger partial charge on any atom is -0.366 e. The molecule has 1 fully saturated rings. The van der Waals surface area contributed by atoms with Crippen LogP contribution in [0, 0.1) is 0 Å². The number of nitrogens with two attached hydrogens (primary N) is 1. The van der Waals surface area contributed by atoms with Crippen LogP contribution in [0.1, 0.15) is 15.9 Å². The van der Waals surface area contributed by atoms with Crippen LogP contribution in [-0.2, 0) is 11.3 Å². The lowest BCUT2D eigenvalue weighted by atomic mass is 10.2. The largest absolute Gasteiger partial charge is 0.366 e. The Morgan fingerprint density at radius 3 is 2.44 bits per heavy atom. The summed E-state index contributed by atoms with van der Waals surface area (Å²) in [6.45, 7) is 4.40. The lowest BCUT2D eigenvalue weighted by Crippen LogP contribution is -2.48. The maximum absolute atomic E-state index is 12.3. The van der Waals surface area contributed by atoms with E-state index in [-0.39, 0.29) is 12.5 Å². The van der Waals surface area contributed by atoms with Gasteiger partial charge in [-0.15, -0.1) is 11.3 Å². The van der Waals surface area contributed by atoms with Crippen molar-refractivity contribution in [2.45, 2.75) is 6.54 Å². The third-order valence-corrected chi connectivity index (χ3v) is 5.97. The Kier molecular flexibility index (Phi) is 6.73. The molecule has 2 aromatic rings. The van der Waals surface area contributed by atoms with Gasteiger partial charge in [0, 0.05) is 32.7 Å². The third-order valence-electron chi connectivity index (χ3n) is 4.41. The van der Waals surface area contributed by atoms with E-state index in [0.717, 1.165) is 38.3 Å². The fourth-order valence-electron chi connectivity index (χ4n) is 2.97. The number of primary amides is 1. The van der Waals surface area contributed by atoms with Crippen molar-refractivity contribution in [1.82, 2.24) is 9.80 Å². The third kappa shape index (κ3) is 5.43. The van der Waals surface area contributed by atoms with Crippen molar-refractivity contribution in [3.8, 4) is 0 Å². The summed E-state index contributed by atoms with van der Waals surface area (Å²) in [5, 5.41) is 6.14. The Morgan fingerprint density at radius 2 is 1.78 bits per heavy atom. The zero-order valence-corrected chi connectivity index (χ0v) is 16.9. The first-order chi connectivity index (χ1) is 12.9. The van der Waals surface area contributed by atoms with Gasteiger partial charge in [0.25, 0.3) is 5.91 Å². The van der Waals surface area contributed by atoms with Crippen LogP contribution >= 0.6 is 34.5 Å². The van der Waals surface area contributed by atoms with Crippen molar-refractivity contribution in [3.63, 3.8) is 0 Å². The van der Waals surface area contributed by atoms with Gasteiger partial charge in [0.2, 0.25) is 5.91 Å². The molecule has 1 aliphatic rings. The fourth-order valence-corrected chi connectivity index (χ4v) is 4.10. The van der Waals surface area contributed by atoms with Crippen LogP contribution in [0.5, 0.6) is 0 Å². The number of halogens is 2. The predicted octanol–water partition coefficient (Wildman–Crippen LogP) is 2.91. The van der Waals surface area contributed by atoms with Gasteiger partial charge < -0.3 is 11.1 Å². The number of anilines is 1. The van der Waals surface area contributed by atoms with Crippen LogP contribution in [0.4, 0.5) is 5.00 Å². The van der Waals surface area contributed by atoms with Crippen molar-refractivity contribution in [2.24, 2.45) is 5.73 Å². The van der Waals surface area contributed by atoms with Crippen LogP contribution in [0.15, 0.2) is 29.6 Å². The van der Waals surface area contributed by atoms with Gasteiger partial charge in [-0.2, -0.15) is 0 Å². The van der Waals surface area contributed by atoms with E-state index in [1.54, 1.807) is 11.4 Å². The number of hydrogen-bond acceptors (Lipinski definition) is 5. The predicted molar refractivity (Wildman–Crippen MR) is 110 cm³/mol. The molecule has 9 heteroatoms. The molecule has 0 spiro atoms. The van der Waals surface area contributed by atoms with Crippen molar-refractivity contribution in [3.05, 3.63) is 50.8 Å². The monoisotopic (exact) mass is 426 g/mol. The number of thiophene rings is 1. The van der Waals surface area contributed by atoms with E-state index in [2.05, 4.69) is 15.1 Å². The summed E-state index contributed by atoms with van der Waals surface area (Å²) in [7, 11) is 0. The molecule has 1 aromatic carbocycles. The van der Waals surface area contributed by atoms with Gasteiger partial charge >= 0.3 is 0 Å². The summed E-state index contributed by atoms with van der Waals surface area (Å²) in [5.74, 6) is -0.680. The van der Waals surface area contributed by atoms with Crippen molar-refractivity contribution < 1.29 is 9.59 Å². The average molecular weight is 427 g/mol. The van der Waals surface area contributed by atoms with Crippen LogP contribution in [0.25, 0.3) is 0 Å². The van der Waals surface area contributed by atoms with Gasteiger partial charge in [0.1, 0.15) is 5.00 Å². The molecule has 0 bridgehead atoms. The number of amides is 2. The van der Waals surface area contributed by atoms with E-state index in [0.29, 0.717) is 20.6 Å². The number of rotatable bonds is 6. The summed E-state index contributed by atoms with van der Waals surface area (Å²) in [6.07, 6.45) is 0. The lowest BCUT2D eigenvalue weighted by molar-refractivity contribution is -0.117. The van der Waals surface area contributed by atoms with Gasteiger partial charge in [-0.1, -0.05) is 29.3 Å². The summed E-state index contributed by atoms with van der Waals surface area (Å²) < 4.78 is 0. The first-order valence-electron chi connectivity index (χ1n) is 8.48. The topological polar surface area (TPSA) is 78.7 Å². The van der Waals surface area contributed by atoms with E-state index >= 15 is 0 Å². The molecule has 27 heavy (non-hydrogen) atoms. The van der Waals surface area contributed by atoms with Crippen LogP contribution < -0.4 is 11.1 Å². The van der Waals surface area contributed by atoms with E-state index in [4.69, 9.17) is 28.9 Å². The van der Waals surface area contributed by atoms with Crippen molar-refractivity contribution in [2.75, 3.05) is 38.0 Å². The number of carbonyl (C=O) groups excluding carboxylic acids is 2. The molecule has 3 N–H and O–H groups in total. The fraction of sp³-hybridized carbons (Fsp3) is 0.333. The molecular weight excluding hydrogens is 407 g/mol. The maximum atomic E-state index is 12.3. The zero-order chi connectivity index (χ0) is 19.4. The van der Waals surface area contributed by atoms with Gasteiger partial charge in [0.05, 0.1) is 22.2 Å². The van der Waals surface area contributed by atoms with E-state index in [1.807, 2.05) is 18.2 Å². The molecule has 2 heterocycles. The molecule has 1 aliphatic heterocycles. The van der Waals surface area contributed by atoms with Crippen LogP contribution in [-0.4, -0.2) is 54.3 Å². The van der Waals surface area contributed by atoms with Gasteiger partial charge in [-0.3, -0.25) is 19.4 Å². The summed E-state index contributed by atoms with van der Waals surface area (Å²) in [5.41, 5.74) is 6.76. The number of nitrogens with one attached hydrogen (secondary N) is 1. The van der Waals surface area contributed by atoms with Gasteiger partial charge in [-0.05, 0) is 29.1 Å². The highest BCUT2D eigenvalue weighted by Crippen LogP contribution is 2.24. The SMILES string of the molecule is NC(=O)c1ccsc1NC(=O)CN1CCN(Cc2ccc(Cl)c(Cl)c2)CC1. The molecule has 0 radical (unpaired) electrons. The molecular formula is C18H20Cl2N4O2S. The minimum atomic E-state index is -0.539. The number of carbonyl (C=O) groups is 2. The summed E-state index contributed by atoms with van der Waals surface area (Å²) >= 11 is 13.3. The second-order valence-electron chi connectivity index (χ2n) is 6.38. The molecule has 3 rings (SSSR count). The average Bonchev–Trinajstić information content (AvgIpc) is 3.08. The second-order valence-corrected chi connectivity index (χ2v) is 8.11. The molecule has 0 aliphatic carbocycles. The molecule has 1 aromatic heterocycles. The van der Waals surface area contributed by atoms with Crippen LogP contribution in [0.3, 0.4) is 0 Å². The first-order valence-corrected chi connectivity index (χ1v) is 10.1. The number of benzene rings is 1. The van der Waals surface area contributed by atoms with E-state index in [9.17, 15) is 9.59 Å².